The molecule has 112 valence electrons. The van der Waals surface area contributed by atoms with E-state index in [9.17, 15) is 4.79 Å². The predicted molar refractivity (Wildman–Crippen MR) is 81.3 cm³/mol. The molecule has 0 saturated heterocycles. The number of hydrogen-bond acceptors (Lipinski definition) is 4. The van der Waals surface area contributed by atoms with E-state index in [-0.39, 0.29) is 0 Å². The zero-order chi connectivity index (χ0) is 15.3. The molecule has 1 unspecified atom stereocenters. The number of carboxylic acid groups (broad SMARTS) is 1. The molecule has 0 fully saturated rings. The van der Waals surface area contributed by atoms with E-state index in [2.05, 4.69) is 4.98 Å². The van der Waals surface area contributed by atoms with Crippen LogP contribution in [0.2, 0.25) is 0 Å². The Bertz CT molecular complexity index is 626. The Hall–Kier alpha value is -2.14. The summed E-state index contributed by atoms with van der Waals surface area (Å²) in [4.78, 5) is 15.1. The molecule has 21 heavy (non-hydrogen) atoms. The fourth-order valence-corrected chi connectivity index (χ4v) is 2.03. The van der Waals surface area contributed by atoms with Gasteiger partial charge in [-0.2, -0.15) is 0 Å². The Morgan fingerprint density at radius 3 is 2.95 bits per heavy atom. The molecule has 1 aromatic heterocycles. The average Bonchev–Trinajstić information content (AvgIpc) is 2.46. The zero-order valence-corrected chi connectivity index (χ0v) is 12.1. The maximum Gasteiger partial charge on any atom is 0.323 e. The highest BCUT2D eigenvalue weighted by Gasteiger charge is 2.26. The van der Waals surface area contributed by atoms with Crippen molar-refractivity contribution in [3.8, 4) is 5.75 Å². The van der Waals surface area contributed by atoms with Gasteiger partial charge in [0.05, 0.1) is 12.1 Å². The number of nitrogens with zero attached hydrogens (tertiary/aromatic N) is 1. The van der Waals surface area contributed by atoms with Crippen molar-refractivity contribution < 1.29 is 14.6 Å². The summed E-state index contributed by atoms with van der Waals surface area (Å²) in [5.41, 5.74) is 5.41. The van der Waals surface area contributed by atoms with Crippen LogP contribution in [0.15, 0.2) is 36.5 Å². The first-order valence-corrected chi connectivity index (χ1v) is 6.99. The van der Waals surface area contributed by atoms with Crippen LogP contribution in [0.4, 0.5) is 0 Å². The Morgan fingerprint density at radius 1 is 1.38 bits per heavy atom. The minimum Gasteiger partial charge on any atom is -0.494 e. The van der Waals surface area contributed by atoms with E-state index in [0.29, 0.717) is 19.4 Å². The molecule has 3 N–H and O–H groups in total. The summed E-state index contributed by atoms with van der Waals surface area (Å²) in [7, 11) is 0. The smallest absolute Gasteiger partial charge is 0.323 e. The van der Waals surface area contributed by atoms with Crippen molar-refractivity contribution in [2.75, 3.05) is 6.61 Å². The Balaban J connectivity index is 1.79. The van der Waals surface area contributed by atoms with Gasteiger partial charge < -0.3 is 15.6 Å². The van der Waals surface area contributed by atoms with Crippen molar-refractivity contribution in [2.45, 2.75) is 31.7 Å². The first-order valence-electron chi connectivity index (χ1n) is 6.99. The van der Waals surface area contributed by atoms with Gasteiger partial charge >= 0.3 is 5.97 Å². The maximum atomic E-state index is 10.9. The molecule has 1 heterocycles. The van der Waals surface area contributed by atoms with Crippen molar-refractivity contribution in [1.29, 1.82) is 0 Å². The lowest BCUT2D eigenvalue weighted by Crippen LogP contribution is -2.44. The molecule has 5 nitrogen and oxygen atoms in total. The van der Waals surface area contributed by atoms with Crippen LogP contribution in [0.3, 0.4) is 0 Å². The quantitative estimate of drug-likeness (QED) is 0.765. The second-order valence-corrected chi connectivity index (χ2v) is 5.39. The predicted octanol–water partition coefficient (Wildman–Crippen LogP) is 2.59. The average molecular weight is 288 g/mol. The minimum atomic E-state index is -1.16. The number of hydrogen-bond donors (Lipinski definition) is 2. The van der Waals surface area contributed by atoms with Gasteiger partial charge in [-0.05, 0) is 44.4 Å². The summed E-state index contributed by atoms with van der Waals surface area (Å²) in [5.74, 6) is -0.195. The van der Waals surface area contributed by atoms with E-state index >= 15 is 0 Å². The Morgan fingerprint density at radius 2 is 2.19 bits per heavy atom. The van der Waals surface area contributed by atoms with E-state index in [4.69, 9.17) is 15.6 Å². The summed E-state index contributed by atoms with van der Waals surface area (Å²) in [6, 6.07) is 9.68. The summed E-state index contributed by atoms with van der Waals surface area (Å²) < 4.78 is 5.66. The number of ether oxygens (including phenoxy) is 1. The van der Waals surface area contributed by atoms with Gasteiger partial charge in [0.25, 0.3) is 0 Å². The number of pyridine rings is 1. The summed E-state index contributed by atoms with van der Waals surface area (Å²) >= 11 is 0. The monoisotopic (exact) mass is 288 g/mol. The molecule has 0 aliphatic heterocycles. The highest BCUT2D eigenvalue weighted by Crippen LogP contribution is 2.19. The molecule has 2 aromatic rings. The van der Waals surface area contributed by atoms with E-state index in [1.807, 2.05) is 30.3 Å². The van der Waals surface area contributed by atoms with E-state index in [0.717, 1.165) is 23.1 Å². The first-order chi connectivity index (χ1) is 9.99. The third-order valence-electron chi connectivity index (χ3n) is 3.43. The van der Waals surface area contributed by atoms with E-state index < -0.39 is 11.5 Å². The van der Waals surface area contributed by atoms with Gasteiger partial charge in [-0.25, -0.2) is 0 Å². The van der Waals surface area contributed by atoms with Crippen LogP contribution < -0.4 is 10.5 Å². The highest BCUT2D eigenvalue weighted by molar-refractivity contribution is 5.79. The number of carboxylic acids is 1. The van der Waals surface area contributed by atoms with Crippen LogP contribution in [-0.4, -0.2) is 28.2 Å². The van der Waals surface area contributed by atoms with Crippen LogP contribution in [0.1, 0.15) is 26.2 Å². The van der Waals surface area contributed by atoms with Gasteiger partial charge in [-0.15, -0.1) is 0 Å². The molecule has 0 bridgehead atoms. The summed E-state index contributed by atoms with van der Waals surface area (Å²) in [5, 5.41) is 9.99. The lowest BCUT2D eigenvalue weighted by Gasteiger charge is -2.18. The van der Waals surface area contributed by atoms with Crippen molar-refractivity contribution in [2.24, 2.45) is 5.73 Å². The van der Waals surface area contributed by atoms with Crippen LogP contribution in [-0.2, 0) is 4.79 Å². The molecule has 2 rings (SSSR count). The van der Waals surface area contributed by atoms with Gasteiger partial charge in [0.15, 0.2) is 0 Å². The minimum absolute atomic E-state index is 0.435. The number of carbonyl (C=O) groups is 1. The lowest BCUT2D eigenvalue weighted by atomic mass is 9.97. The molecule has 1 aromatic carbocycles. The molecule has 5 heteroatoms. The van der Waals surface area contributed by atoms with E-state index in [1.165, 1.54) is 6.92 Å². The van der Waals surface area contributed by atoms with Crippen molar-refractivity contribution in [3.05, 3.63) is 36.5 Å². The van der Waals surface area contributed by atoms with Gasteiger partial charge in [-0.3, -0.25) is 9.78 Å². The van der Waals surface area contributed by atoms with Crippen LogP contribution >= 0.6 is 0 Å². The number of rotatable bonds is 7. The van der Waals surface area contributed by atoms with Crippen LogP contribution in [0.5, 0.6) is 5.75 Å². The van der Waals surface area contributed by atoms with Crippen molar-refractivity contribution >= 4 is 16.9 Å². The second-order valence-electron chi connectivity index (χ2n) is 5.39. The number of fused-ring (bicyclic) bond motifs is 1. The standard InChI is InChI=1S/C16H20N2O3/c1-16(17,15(19)20)8-2-3-10-21-13-7-6-12-5-4-9-18-14(12)11-13/h4-7,9,11H,2-3,8,10,17H2,1H3,(H,19,20). The largest absolute Gasteiger partial charge is 0.494 e. The van der Waals surface area contributed by atoms with Crippen LogP contribution in [0.25, 0.3) is 10.9 Å². The Kier molecular flexibility index (Phi) is 4.75. The number of nitrogens with two attached hydrogens (primary N) is 1. The molecule has 1 atom stereocenters. The fraction of sp³-hybridized carbons (Fsp3) is 0.375. The van der Waals surface area contributed by atoms with Gasteiger partial charge in [0.1, 0.15) is 11.3 Å². The first kappa shape index (κ1) is 15.3. The normalized spacial score (nSPS) is 13.8. The Labute approximate surface area is 123 Å². The summed E-state index contributed by atoms with van der Waals surface area (Å²) in [6.45, 7) is 2.07. The maximum absolute atomic E-state index is 10.9. The third kappa shape index (κ3) is 4.16. The van der Waals surface area contributed by atoms with Gasteiger partial charge in [0.2, 0.25) is 0 Å². The fourth-order valence-electron chi connectivity index (χ4n) is 2.03. The SMILES string of the molecule is CC(N)(CCCCOc1ccc2cccnc2c1)C(=O)O. The molecule has 0 saturated carbocycles. The zero-order valence-electron chi connectivity index (χ0n) is 12.1. The highest BCUT2D eigenvalue weighted by atomic mass is 16.5. The molecule has 0 radical (unpaired) electrons. The number of aromatic nitrogens is 1. The second kappa shape index (κ2) is 6.54. The molecular formula is C16H20N2O3. The van der Waals surface area contributed by atoms with E-state index in [1.54, 1.807) is 6.20 Å². The lowest BCUT2D eigenvalue weighted by molar-refractivity contribution is -0.142. The van der Waals surface area contributed by atoms with Crippen molar-refractivity contribution in [3.63, 3.8) is 0 Å². The summed E-state index contributed by atoms with van der Waals surface area (Å²) in [6.07, 6.45) is 3.66. The molecule has 0 aliphatic rings. The topological polar surface area (TPSA) is 85.4 Å². The number of benzene rings is 1. The molecule has 0 amide bonds. The number of unbranched alkanes of at least 4 members (excludes halogenated alkanes) is 1. The molecule has 0 aliphatic carbocycles. The van der Waals surface area contributed by atoms with Gasteiger partial charge in [-0.1, -0.05) is 6.07 Å². The third-order valence-corrected chi connectivity index (χ3v) is 3.43. The van der Waals surface area contributed by atoms with Crippen LogP contribution in [0, 0.1) is 0 Å². The van der Waals surface area contributed by atoms with Crippen molar-refractivity contribution in [1.82, 2.24) is 4.98 Å². The molecular weight excluding hydrogens is 268 g/mol. The van der Waals surface area contributed by atoms with Gasteiger partial charge in [0, 0.05) is 17.6 Å². The molecule has 0 spiro atoms. The number of aliphatic carboxylic acids is 1.